The number of rotatable bonds is 2. The summed E-state index contributed by atoms with van der Waals surface area (Å²) in [5, 5.41) is 2.03. The monoisotopic (exact) mass is 295 g/mol. The average molecular weight is 296 g/mol. The second kappa shape index (κ2) is 3.82. The molecule has 2 aromatic rings. The van der Waals surface area contributed by atoms with Crippen LogP contribution >= 0.6 is 27.3 Å². The van der Waals surface area contributed by atoms with Crippen LogP contribution in [0.1, 0.15) is 24.5 Å². The first kappa shape index (κ1) is 10.2. The number of aromatic nitrogens is 2. The molecule has 5 heteroatoms. The average Bonchev–Trinajstić information content (AvgIpc) is 3.01. The minimum absolute atomic E-state index is 0.566. The van der Waals surface area contributed by atoms with Crippen LogP contribution in [0.2, 0.25) is 0 Å². The van der Waals surface area contributed by atoms with Crippen LogP contribution in [0.15, 0.2) is 22.0 Å². The van der Waals surface area contributed by atoms with Crippen molar-refractivity contribution in [3.63, 3.8) is 0 Å². The van der Waals surface area contributed by atoms with Crippen LogP contribution in [0.25, 0.3) is 10.7 Å². The van der Waals surface area contributed by atoms with Crippen LogP contribution in [-0.2, 0) is 0 Å². The summed E-state index contributed by atoms with van der Waals surface area (Å²) in [6, 6.07) is 3.92. The molecule has 0 aliphatic heterocycles. The third-order valence-corrected chi connectivity index (χ3v) is 4.24. The highest BCUT2D eigenvalue weighted by molar-refractivity contribution is 9.10. The maximum absolute atomic E-state index is 5.81. The third-order valence-electron chi connectivity index (χ3n) is 2.55. The molecule has 0 radical (unpaired) electrons. The minimum Gasteiger partial charge on any atom is -0.384 e. The summed E-state index contributed by atoms with van der Waals surface area (Å²) in [5.41, 5.74) is 6.90. The molecule has 3 nitrogen and oxygen atoms in total. The normalized spacial score (nSPS) is 15.3. The summed E-state index contributed by atoms with van der Waals surface area (Å²) in [4.78, 5) is 9.92. The van der Waals surface area contributed by atoms with Gasteiger partial charge in [0.25, 0.3) is 0 Å². The Morgan fingerprint density at radius 1 is 1.31 bits per heavy atom. The lowest BCUT2D eigenvalue weighted by Crippen LogP contribution is -1.98. The summed E-state index contributed by atoms with van der Waals surface area (Å²) in [6.45, 7) is 0. The van der Waals surface area contributed by atoms with Gasteiger partial charge >= 0.3 is 0 Å². The highest BCUT2D eigenvalue weighted by Crippen LogP contribution is 2.40. The van der Waals surface area contributed by atoms with Gasteiger partial charge in [0.05, 0.1) is 4.88 Å². The molecule has 1 saturated carbocycles. The molecule has 0 spiro atoms. The second-order valence-corrected chi connectivity index (χ2v) is 5.77. The van der Waals surface area contributed by atoms with Gasteiger partial charge in [-0.2, -0.15) is 0 Å². The molecule has 3 rings (SSSR count). The number of hydrogen-bond acceptors (Lipinski definition) is 4. The van der Waals surface area contributed by atoms with Gasteiger partial charge in [-0.3, -0.25) is 0 Å². The van der Waals surface area contributed by atoms with E-state index in [1.54, 1.807) is 11.3 Å². The van der Waals surface area contributed by atoms with Crippen molar-refractivity contribution in [3.8, 4) is 10.7 Å². The maximum Gasteiger partial charge on any atom is 0.171 e. The van der Waals surface area contributed by atoms with Gasteiger partial charge in [0.2, 0.25) is 0 Å². The standard InChI is InChI=1S/C11H10BrN3S/c12-7-3-9(16-5-7)11-14-8(6-1-2-6)4-10(13)15-11/h3-6H,1-2H2,(H2,13,14,15). The van der Waals surface area contributed by atoms with E-state index in [9.17, 15) is 0 Å². The zero-order valence-corrected chi connectivity index (χ0v) is 10.9. The van der Waals surface area contributed by atoms with Crippen LogP contribution < -0.4 is 5.73 Å². The summed E-state index contributed by atoms with van der Waals surface area (Å²) in [7, 11) is 0. The van der Waals surface area contributed by atoms with E-state index in [1.807, 2.05) is 17.5 Å². The van der Waals surface area contributed by atoms with Gasteiger partial charge in [0, 0.05) is 27.5 Å². The lowest BCUT2D eigenvalue weighted by atomic mass is 10.2. The second-order valence-electron chi connectivity index (χ2n) is 3.94. The molecule has 16 heavy (non-hydrogen) atoms. The van der Waals surface area contributed by atoms with Crippen molar-refractivity contribution >= 4 is 33.1 Å². The molecule has 0 unspecified atom stereocenters. The van der Waals surface area contributed by atoms with E-state index >= 15 is 0 Å². The van der Waals surface area contributed by atoms with Crippen LogP contribution in [0.4, 0.5) is 5.82 Å². The van der Waals surface area contributed by atoms with Gasteiger partial charge in [-0.1, -0.05) is 0 Å². The highest BCUT2D eigenvalue weighted by Gasteiger charge is 2.26. The zero-order chi connectivity index (χ0) is 11.1. The summed E-state index contributed by atoms with van der Waals surface area (Å²) in [5.74, 6) is 1.92. The van der Waals surface area contributed by atoms with E-state index < -0.39 is 0 Å². The molecule has 0 amide bonds. The largest absolute Gasteiger partial charge is 0.384 e. The quantitative estimate of drug-likeness (QED) is 0.923. The van der Waals surface area contributed by atoms with Gasteiger partial charge in [-0.05, 0) is 34.8 Å². The number of thiophene rings is 1. The number of anilines is 1. The number of nitrogens with zero attached hydrogens (tertiary/aromatic N) is 2. The van der Waals surface area contributed by atoms with E-state index in [4.69, 9.17) is 5.73 Å². The van der Waals surface area contributed by atoms with E-state index in [1.165, 1.54) is 12.8 Å². The van der Waals surface area contributed by atoms with Crippen LogP contribution in [0.3, 0.4) is 0 Å². The molecule has 1 aliphatic rings. The first-order valence-electron chi connectivity index (χ1n) is 5.11. The minimum atomic E-state index is 0.566. The Labute approximate surface area is 106 Å². The number of nitrogens with two attached hydrogens (primary N) is 1. The van der Waals surface area contributed by atoms with E-state index in [2.05, 4.69) is 25.9 Å². The number of hydrogen-bond donors (Lipinski definition) is 1. The fourth-order valence-corrected chi connectivity index (χ4v) is 2.97. The predicted molar refractivity (Wildman–Crippen MR) is 69.4 cm³/mol. The Morgan fingerprint density at radius 3 is 2.75 bits per heavy atom. The molecule has 0 aromatic carbocycles. The van der Waals surface area contributed by atoms with Crippen molar-refractivity contribution in [2.24, 2.45) is 0 Å². The van der Waals surface area contributed by atoms with E-state index in [0.717, 1.165) is 20.9 Å². The van der Waals surface area contributed by atoms with Crippen LogP contribution in [0, 0.1) is 0 Å². The summed E-state index contributed by atoms with van der Waals surface area (Å²) in [6.07, 6.45) is 2.45. The Hall–Kier alpha value is -0.940. The van der Waals surface area contributed by atoms with Crippen molar-refractivity contribution in [2.75, 3.05) is 5.73 Å². The molecule has 0 bridgehead atoms. The molecule has 0 atom stereocenters. The molecule has 1 fully saturated rings. The SMILES string of the molecule is Nc1cc(C2CC2)nc(-c2cc(Br)cs2)n1. The molecular formula is C11H10BrN3S. The molecule has 2 aromatic heterocycles. The van der Waals surface area contributed by atoms with E-state index in [0.29, 0.717) is 11.7 Å². The summed E-state index contributed by atoms with van der Waals surface area (Å²) < 4.78 is 1.06. The first-order chi connectivity index (χ1) is 7.72. The lowest BCUT2D eigenvalue weighted by molar-refractivity contribution is 1.00. The van der Waals surface area contributed by atoms with Crippen LogP contribution in [-0.4, -0.2) is 9.97 Å². The van der Waals surface area contributed by atoms with Crippen molar-refractivity contribution < 1.29 is 0 Å². The molecule has 1 aliphatic carbocycles. The van der Waals surface area contributed by atoms with Gasteiger partial charge < -0.3 is 5.73 Å². The van der Waals surface area contributed by atoms with Gasteiger partial charge in [-0.25, -0.2) is 9.97 Å². The van der Waals surface area contributed by atoms with Gasteiger partial charge in [-0.15, -0.1) is 11.3 Å². The van der Waals surface area contributed by atoms with Crippen molar-refractivity contribution in [1.82, 2.24) is 9.97 Å². The lowest BCUT2D eigenvalue weighted by Gasteiger charge is -2.02. The van der Waals surface area contributed by atoms with Gasteiger partial charge in [0.1, 0.15) is 5.82 Å². The number of halogens is 1. The predicted octanol–water partition coefficient (Wildman–Crippen LogP) is 3.43. The van der Waals surface area contributed by atoms with Gasteiger partial charge in [0.15, 0.2) is 5.82 Å². The maximum atomic E-state index is 5.81. The molecular weight excluding hydrogens is 286 g/mol. The molecule has 82 valence electrons. The third kappa shape index (κ3) is 1.97. The molecule has 2 heterocycles. The topological polar surface area (TPSA) is 51.8 Å². The number of nitrogen functional groups attached to an aromatic ring is 1. The van der Waals surface area contributed by atoms with E-state index in [-0.39, 0.29) is 0 Å². The first-order valence-corrected chi connectivity index (χ1v) is 6.78. The molecule has 2 N–H and O–H groups in total. The Kier molecular flexibility index (Phi) is 2.44. The fourth-order valence-electron chi connectivity index (χ4n) is 1.61. The Morgan fingerprint density at radius 2 is 2.12 bits per heavy atom. The van der Waals surface area contributed by atoms with Crippen LogP contribution in [0.5, 0.6) is 0 Å². The highest BCUT2D eigenvalue weighted by atomic mass is 79.9. The fraction of sp³-hybridized carbons (Fsp3) is 0.273. The zero-order valence-electron chi connectivity index (χ0n) is 8.48. The molecule has 0 saturated heterocycles. The van der Waals surface area contributed by atoms with Crippen molar-refractivity contribution in [3.05, 3.63) is 27.7 Å². The smallest absolute Gasteiger partial charge is 0.171 e. The van der Waals surface area contributed by atoms with Crippen molar-refractivity contribution in [1.29, 1.82) is 0 Å². The Balaban J connectivity index is 2.06. The summed E-state index contributed by atoms with van der Waals surface area (Å²) >= 11 is 5.06. The Bertz CT molecular complexity index is 534. The van der Waals surface area contributed by atoms with Crippen molar-refractivity contribution in [2.45, 2.75) is 18.8 Å².